The number of amides is 1. The SMILES string of the molecule is CCCc1c(C(=O)NC(C)c2cccc(Oc3ccc(CCC(=O)O)c(C)c3)c2)[nH]c2ccc(Cl)cc12. The van der Waals surface area contributed by atoms with Gasteiger partial charge in [0, 0.05) is 22.3 Å². The molecule has 0 bridgehead atoms. The van der Waals surface area contributed by atoms with Gasteiger partial charge in [0.15, 0.2) is 0 Å². The van der Waals surface area contributed by atoms with Crippen molar-refractivity contribution >= 4 is 34.4 Å². The second-order valence-electron chi connectivity index (χ2n) is 9.27. The lowest BCUT2D eigenvalue weighted by Gasteiger charge is -2.16. The largest absolute Gasteiger partial charge is 0.481 e. The maximum Gasteiger partial charge on any atom is 0.303 e. The lowest BCUT2D eigenvalue weighted by Crippen LogP contribution is -2.27. The van der Waals surface area contributed by atoms with Crippen molar-refractivity contribution < 1.29 is 19.4 Å². The number of carbonyl (C=O) groups is 2. The van der Waals surface area contributed by atoms with Gasteiger partial charge < -0.3 is 20.1 Å². The molecule has 4 rings (SSSR count). The summed E-state index contributed by atoms with van der Waals surface area (Å²) in [6, 6.07) is 18.7. The molecule has 0 radical (unpaired) electrons. The minimum atomic E-state index is -0.812. The van der Waals surface area contributed by atoms with E-state index in [9.17, 15) is 9.59 Å². The van der Waals surface area contributed by atoms with Crippen molar-refractivity contribution in [3.63, 3.8) is 0 Å². The first-order valence-electron chi connectivity index (χ1n) is 12.4. The van der Waals surface area contributed by atoms with E-state index in [0.717, 1.165) is 46.0 Å². The summed E-state index contributed by atoms with van der Waals surface area (Å²) in [5.74, 6) is 0.352. The number of carbonyl (C=O) groups excluding carboxylic acids is 1. The van der Waals surface area contributed by atoms with Gasteiger partial charge in [-0.05, 0) is 91.4 Å². The van der Waals surface area contributed by atoms with Crippen LogP contribution in [0.4, 0.5) is 0 Å². The fourth-order valence-corrected chi connectivity index (χ4v) is 4.69. The zero-order valence-corrected chi connectivity index (χ0v) is 22.0. The fourth-order valence-electron chi connectivity index (χ4n) is 4.51. The lowest BCUT2D eigenvalue weighted by molar-refractivity contribution is -0.136. The van der Waals surface area contributed by atoms with E-state index in [1.54, 1.807) is 0 Å². The van der Waals surface area contributed by atoms with Crippen LogP contribution in [0.5, 0.6) is 11.5 Å². The van der Waals surface area contributed by atoms with Crippen molar-refractivity contribution in [1.29, 1.82) is 0 Å². The Morgan fingerprint density at radius 2 is 1.84 bits per heavy atom. The minimum absolute atomic E-state index is 0.0961. The number of H-pyrrole nitrogens is 1. The fraction of sp³-hybridized carbons (Fsp3) is 0.267. The summed E-state index contributed by atoms with van der Waals surface area (Å²) in [5.41, 5.74) is 5.32. The summed E-state index contributed by atoms with van der Waals surface area (Å²) in [6.07, 6.45) is 2.26. The van der Waals surface area contributed by atoms with Gasteiger partial charge in [-0.25, -0.2) is 0 Å². The van der Waals surface area contributed by atoms with E-state index >= 15 is 0 Å². The minimum Gasteiger partial charge on any atom is -0.481 e. The number of hydrogen-bond acceptors (Lipinski definition) is 3. The predicted molar refractivity (Wildman–Crippen MR) is 147 cm³/mol. The Bertz CT molecular complexity index is 1440. The number of carboxylic acid groups (broad SMARTS) is 1. The number of carboxylic acids is 1. The van der Waals surface area contributed by atoms with Crippen molar-refractivity contribution in [2.75, 3.05) is 0 Å². The number of hydrogen-bond donors (Lipinski definition) is 3. The highest BCUT2D eigenvalue weighted by Crippen LogP contribution is 2.29. The summed E-state index contributed by atoms with van der Waals surface area (Å²) >= 11 is 6.21. The highest BCUT2D eigenvalue weighted by atomic mass is 35.5. The van der Waals surface area contributed by atoms with Crippen molar-refractivity contribution in [1.82, 2.24) is 10.3 Å². The lowest BCUT2D eigenvalue weighted by atomic mass is 10.0. The average Bonchev–Trinajstić information content (AvgIpc) is 3.21. The molecule has 1 heterocycles. The summed E-state index contributed by atoms with van der Waals surface area (Å²) in [4.78, 5) is 27.4. The zero-order chi connectivity index (χ0) is 26.5. The standard InChI is InChI=1S/C30H31ClN2O4/c1-4-6-25-26-17-22(31)11-13-27(26)33-29(25)30(36)32-19(3)21-7-5-8-23(16-21)37-24-12-9-20(18(2)15-24)10-14-28(34)35/h5,7-9,11-13,15-17,19,33H,4,6,10,14H2,1-3H3,(H,32,36)(H,34,35). The number of aromatic amines is 1. The summed E-state index contributed by atoms with van der Waals surface area (Å²) in [6.45, 7) is 5.98. The van der Waals surface area contributed by atoms with Gasteiger partial charge in [-0.3, -0.25) is 9.59 Å². The van der Waals surface area contributed by atoms with Crippen LogP contribution in [-0.4, -0.2) is 22.0 Å². The Morgan fingerprint density at radius 1 is 1.05 bits per heavy atom. The summed E-state index contributed by atoms with van der Waals surface area (Å²) < 4.78 is 6.07. The molecule has 7 heteroatoms. The van der Waals surface area contributed by atoms with Gasteiger partial charge in [-0.2, -0.15) is 0 Å². The molecule has 0 saturated heterocycles. The van der Waals surface area contributed by atoms with Gasteiger partial charge in [-0.1, -0.05) is 43.1 Å². The maximum absolute atomic E-state index is 13.3. The Kier molecular flexibility index (Phi) is 8.19. The Hall–Kier alpha value is -3.77. The van der Waals surface area contributed by atoms with Crippen LogP contribution in [0.2, 0.25) is 5.02 Å². The molecule has 0 spiro atoms. The number of halogens is 1. The summed E-state index contributed by atoms with van der Waals surface area (Å²) in [5, 5.41) is 13.7. The molecule has 6 nitrogen and oxygen atoms in total. The zero-order valence-electron chi connectivity index (χ0n) is 21.2. The molecule has 0 fully saturated rings. The predicted octanol–water partition coefficient (Wildman–Crippen LogP) is 7.38. The van der Waals surface area contributed by atoms with Gasteiger partial charge >= 0.3 is 5.97 Å². The van der Waals surface area contributed by atoms with Gasteiger partial charge in [0.25, 0.3) is 5.91 Å². The number of ether oxygens (including phenoxy) is 1. The highest BCUT2D eigenvalue weighted by Gasteiger charge is 2.20. The molecule has 1 aromatic heterocycles. The van der Waals surface area contributed by atoms with Gasteiger partial charge in [0.1, 0.15) is 17.2 Å². The smallest absolute Gasteiger partial charge is 0.303 e. The number of nitrogens with one attached hydrogen (secondary N) is 2. The first kappa shape index (κ1) is 26.3. The number of benzene rings is 3. The average molecular weight is 519 g/mol. The van der Waals surface area contributed by atoms with Crippen molar-refractivity contribution in [2.45, 2.75) is 52.5 Å². The first-order chi connectivity index (χ1) is 17.7. The van der Waals surface area contributed by atoms with E-state index < -0.39 is 5.97 Å². The monoisotopic (exact) mass is 518 g/mol. The van der Waals surface area contributed by atoms with Crippen LogP contribution in [0.1, 0.15) is 65.5 Å². The molecular formula is C30H31ClN2O4. The van der Waals surface area contributed by atoms with E-state index in [1.165, 1.54) is 0 Å². The second-order valence-corrected chi connectivity index (χ2v) is 9.71. The van der Waals surface area contributed by atoms with Crippen molar-refractivity contribution in [3.05, 3.63) is 93.6 Å². The third-order valence-electron chi connectivity index (χ3n) is 6.46. The number of fused-ring (bicyclic) bond motifs is 1. The van der Waals surface area contributed by atoms with Gasteiger partial charge in [0.2, 0.25) is 0 Å². The first-order valence-corrected chi connectivity index (χ1v) is 12.8. The molecule has 0 aliphatic carbocycles. The van der Waals surface area contributed by atoms with Gasteiger partial charge in [-0.15, -0.1) is 0 Å². The second kappa shape index (κ2) is 11.5. The van der Waals surface area contributed by atoms with Crippen LogP contribution in [0.25, 0.3) is 10.9 Å². The van der Waals surface area contributed by atoms with E-state index in [4.69, 9.17) is 21.4 Å². The normalized spacial score (nSPS) is 11.9. The third kappa shape index (κ3) is 6.33. The van der Waals surface area contributed by atoms with Crippen molar-refractivity contribution in [2.24, 2.45) is 0 Å². The maximum atomic E-state index is 13.3. The van der Waals surface area contributed by atoms with Crippen LogP contribution >= 0.6 is 11.6 Å². The van der Waals surface area contributed by atoms with Crippen molar-refractivity contribution in [3.8, 4) is 11.5 Å². The molecule has 192 valence electrons. The third-order valence-corrected chi connectivity index (χ3v) is 6.69. The van der Waals surface area contributed by atoms with E-state index in [-0.39, 0.29) is 18.4 Å². The quantitative estimate of drug-likeness (QED) is 0.204. The number of aliphatic carboxylic acids is 1. The molecule has 0 aliphatic heterocycles. The highest BCUT2D eigenvalue weighted by molar-refractivity contribution is 6.31. The van der Waals surface area contributed by atoms with Crippen LogP contribution in [-0.2, 0) is 17.6 Å². The van der Waals surface area contributed by atoms with E-state index in [1.807, 2.05) is 74.5 Å². The molecule has 1 atom stereocenters. The number of rotatable bonds is 10. The molecule has 3 aromatic carbocycles. The molecule has 3 N–H and O–H groups in total. The van der Waals surface area contributed by atoms with Gasteiger partial charge in [0.05, 0.1) is 6.04 Å². The number of aromatic nitrogens is 1. The molecule has 1 amide bonds. The molecule has 0 saturated carbocycles. The summed E-state index contributed by atoms with van der Waals surface area (Å²) in [7, 11) is 0. The Morgan fingerprint density at radius 3 is 2.57 bits per heavy atom. The van der Waals surface area contributed by atoms with Crippen LogP contribution in [0.3, 0.4) is 0 Å². The van der Waals surface area contributed by atoms with Crippen LogP contribution in [0, 0.1) is 6.92 Å². The molecule has 0 aliphatic rings. The van der Waals surface area contributed by atoms with E-state index in [2.05, 4.69) is 17.2 Å². The topological polar surface area (TPSA) is 91.4 Å². The molecule has 4 aromatic rings. The molecule has 1 unspecified atom stereocenters. The van der Waals surface area contributed by atoms with E-state index in [0.29, 0.717) is 28.6 Å². The molecular weight excluding hydrogens is 488 g/mol. The Balaban J connectivity index is 1.48. The van der Waals surface area contributed by atoms with Crippen LogP contribution < -0.4 is 10.1 Å². The molecule has 37 heavy (non-hydrogen) atoms. The number of aryl methyl sites for hydroxylation is 3. The Labute approximate surface area is 221 Å². The van der Waals surface area contributed by atoms with Crippen LogP contribution in [0.15, 0.2) is 60.7 Å².